The molecule has 34 heavy (non-hydrogen) atoms. The Labute approximate surface area is 199 Å². The lowest BCUT2D eigenvalue weighted by Crippen LogP contribution is -2.35. The van der Waals surface area contributed by atoms with Gasteiger partial charge in [-0.15, -0.1) is 0 Å². The molecule has 0 saturated carbocycles. The van der Waals surface area contributed by atoms with Crippen LogP contribution in [0.5, 0.6) is 5.75 Å². The maximum Gasteiger partial charge on any atom is 0.240 e. The van der Waals surface area contributed by atoms with E-state index in [9.17, 15) is 4.79 Å². The minimum absolute atomic E-state index is 0.0177. The SMILES string of the molecule is COc1ccc2c(c1)c(-c1cc3cccnc3[nH]1)cn2CC(=O)NC(C)CCC1C=CC=CC1. The van der Waals surface area contributed by atoms with Gasteiger partial charge in [0.05, 0.1) is 7.11 Å². The second-order valence-electron chi connectivity index (χ2n) is 9.03. The zero-order valence-electron chi connectivity index (χ0n) is 19.6. The number of fused-ring (bicyclic) bond motifs is 2. The van der Waals surface area contributed by atoms with Crippen LogP contribution in [0.15, 0.2) is 73.1 Å². The highest BCUT2D eigenvalue weighted by atomic mass is 16.5. The number of hydrogen-bond acceptors (Lipinski definition) is 3. The standard InChI is InChI=1S/C28H30N4O2/c1-19(10-11-20-7-4-3-5-8-20)30-27(33)18-32-17-24(23-16-22(34-2)12-13-26(23)32)25-15-21-9-6-14-29-28(21)31-25/h3-7,9,12-17,19-20H,8,10-11,18H2,1-2H3,(H,29,31)(H,30,33). The van der Waals surface area contributed by atoms with E-state index < -0.39 is 0 Å². The molecule has 4 aromatic rings. The van der Waals surface area contributed by atoms with Crippen LogP contribution in [0.25, 0.3) is 33.2 Å². The van der Waals surface area contributed by atoms with Gasteiger partial charge in [0.25, 0.3) is 0 Å². The van der Waals surface area contributed by atoms with Gasteiger partial charge in [-0.2, -0.15) is 0 Å². The van der Waals surface area contributed by atoms with Crippen molar-refractivity contribution in [1.29, 1.82) is 0 Å². The van der Waals surface area contributed by atoms with E-state index in [1.165, 1.54) is 0 Å². The molecule has 2 N–H and O–H groups in total. The second kappa shape index (κ2) is 9.59. The molecule has 0 bridgehead atoms. The smallest absolute Gasteiger partial charge is 0.240 e. The molecule has 1 amide bonds. The molecule has 174 valence electrons. The molecule has 0 spiro atoms. The van der Waals surface area contributed by atoms with Crippen LogP contribution in [0.2, 0.25) is 0 Å². The Morgan fingerprint density at radius 1 is 1.29 bits per heavy atom. The van der Waals surface area contributed by atoms with Crippen LogP contribution < -0.4 is 10.1 Å². The lowest BCUT2D eigenvalue weighted by Gasteiger charge is -2.18. The molecule has 0 radical (unpaired) electrons. The van der Waals surface area contributed by atoms with Crippen molar-refractivity contribution >= 4 is 27.8 Å². The molecule has 1 aliphatic rings. The summed E-state index contributed by atoms with van der Waals surface area (Å²) in [6, 6.07) is 12.2. The summed E-state index contributed by atoms with van der Waals surface area (Å²) in [5, 5.41) is 5.26. The van der Waals surface area contributed by atoms with Crippen molar-refractivity contribution < 1.29 is 9.53 Å². The fraction of sp³-hybridized carbons (Fsp3) is 0.286. The fourth-order valence-electron chi connectivity index (χ4n) is 4.71. The van der Waals surface area contributed by atoms with E-state index in [-0.39, 0.29) is 18.5 Å². The molecule has 0 fully saturated rings. The largest absolute Gasteiger partial charge is 0.497 e. The van der Waals surface area contributed by atoms with Gasteiger partial charge in [0.1, 0.15) is 17.9 Å². The number of rotatable bonds is 8. The van der Waals surface area contributed by atoms with Crippen LogP contribution in [0, 0.1) is 5.92 Å². The summed E-state index contributed by atoms with van der Waals surface area (Å²) in [5.41, 5.74) is 3.82. The first-order valence-corrected chi connectivity index (χ1v) is 11.8. The summed E-state index contributed by atoms with van der Waals surface area (Å²) in [6.45, 7) is 2.35. The Hall–Kier alpha value is -3.80. The number of amides is 1. The van der Waals surface area contributed by atoms with E-state index in [1.54, 1.807) is 13.3 Å². The summed E-state index contributed by atoms with van der Waals surface area (Å²) >= 11 is 0. The van der Waals surface area contributed by atoms with Crippen LogP contribution in [-0.4, -0.2) is 33.6 Å². The molecule has 6 heteroatoms. The quantitative estimate of drug-likeness (QED) is 0.363. The van der Waals surface area contributed by atoms with Gasteiger partial charge in [-0.1, -0.05) is 24.3 Å². The van der Waals surface area contributed by atoms with Crippen molar-refractivity contribution in [1.82, 2.24) is 19.9 Å². The number of pyridine rings is 1. The predicted octanol–water partition coefficient (Wildman–Crippen LogP) is 5.61. The Bertz CT molecular complexity index is 1340. The van der Waals surface area contributed by atoms with Gasteiger partial charge in [-0.05, 0) is 68.5 Å². The number of carbonyl (C=O) groups excluding carboxylic acids is 1. The van der Waals surface area contributed by atoms with E-state index in [0.29, 0.717) is 5.92 Å². The maximum absolute atomic E-state index is 12.9. The molecule has 6 nitrogen and oxygen atoms in total. The van der Waals surface area contributed by atoms with Crippen molar-refractivity contribution in [2.45, 2.75) is 38.8 Å². The summed E-state index contributed by atoms with van der Waals surface area (Å²) in [6.07, 6.45) is 15.6. The molecule has 3 heterocycles. The van der Waals surface area contributed by atoms with Crippen molar-refractivity contribution in [3.63, 3.8) is 0 Å². The fourth-order valence-corrected chi connectivity index (χ4v) is 4.71. The number of H-pyrrole nitrogens is 1. The van der Waals surface area contributed by atoms with Crippen molar-refractivity contribution in [2.75, 3.05) is 7.11 Å². The summed E-state index contributed by atoms with van der Waals surface area (Å²) < 4.78 is 7.49. The van der Waals surface area contributed by atoms with E-state index in [1.807, 2.05) is 41.1 Å². The Balaban J connectivity index is 1.36. The molecule has 2 atom stereocenters. The molecular formula is C28H30N4O2. The highest BCUT2D eigenvalue weighted by Crippen LogP contribution is 2.34. The lowest BCUT2D eigenvalue weighted by atomic mass is 9.94. The maximum atomic E-state index is 12.9. The Morgan fingerprint density at radius 3 is 3.00 bits per heavy atom. The van der Waals surface area contributed by atoms with Crippen molar-refractivity contribution in [3.05, 3.63) is 73.1 Å². The molecule has 0 aliphatic heterocycles. The van der Waals surface area contributed by atoms with Gasteiger partial charge in [0, 0.05) is 46.0 Å². The molecule has 1 aliphatic carbocycles. The van der Waals surface area contributed by atoms with E-state index in [0.717, 1.165) is 58.2 Å². The van der Waals surface area contributed by atoms with Gasteiger partial charge < -0.3 is 19.6 Å². The third-order valence-electron chi connectivity index (χ3n) is 6.53. The number of methoxy groups -OCH3 is 1. The Morgan fingerprint density at radius 2 is 2.21 bits per heavy atom. The molecule has 2 unspecified atom stereocenters. The Kier molecular flexibility index (Phi) is 6.21. The zero-order valence-corrected chi connectivity index (χ0v) is 19.6. The number of aromatic amines is 1. The topological polar surface area (TPSA) is 71.9 Å². The average molecular weight is 455 g/mol. The highest BCUT2D eigenvalue weighted by Gasteiger charge is 2.17. The highest BCUT2D eigenvalue weighted by molar-refractivity contribution is 5.99. The second-order valence-corrected chi connectivity index (χ2v) is 9.03. The van der Waals surface area contributed by atoms with Crippen LogP contribution >= 0.6 is 0 Å². The summed E-state index contributed by atoms with van der Waals surface area (Å²) in [4.78, 5) is 20.8. The predicted molar refractivity (Wildman–Crippen MR) is 137 cm³/mol. The monoisotopic (exact) mass is 454 g/mol. The number of carbonyl (C=O) groups is 1. The number of aromatic nitrogens is 3. The van der Waals surface area contributed by atoms with Gasteiger partial charge in [-0.25, -0.2) is 4.98 Å². The summed E-state index contributed by atoms with van der Waals surface area (Å²) in [5.74, 6) is 1.37. The third kappa shape index (κ3) is 4.62. The molecule has 5 rings (SSSR count). The van der Waals surface area contributed by atoms with Gasteiger partial charge in [0.15, 0.2) is 0 Å². The number of ether oxygens (including phenoxy) is 1. The van der Waals surface area contributed by atoms with Gasteiger partial charge >= 0.3 is 0 Å². The summed E-state index contributed by atoms with van der Waals surface area (Å²) in [7, 11) is 1.67. The minimum atomic E-state index is 0.0177. The van der Waals surface area contributed by atoms with E-state index in [4.69, 9.17) is 4.74 Å². The van der Waals surface area contributed by atoms with Crippen LogP contribution in [-0.2, 0) is 11.3 Å². The third-order valence-corrected chi connectivity index (χ3v) is 6.53. The van der Waals surface area contributed by atoms with Gasteiger partial charge in [-0.3, -0.25) is 4.79 Å². The van der Waals surface area contributed by atoms with Crippen LogP contribution in [0.1, 0.15) is 26.2 Å². The molecule has 1 aromatic carbocycles. The van der Waals surface area contributed by atoms with E-state index in [2.05, 4.69) is 52.6 Å². The number of benzene rings is 1. The van der Waals surface area contributed by atoms with Crippen molar-refractivity contribution in [3.8, 4) is 17.0 Å². The molecule has 0 saturated heterocycles. The van der Waals surface area contributed by atoms with Crippen molar-refractivity contribution in [2.24, 2.45) is 5.92 Å². The van der Waals surface area contributed by atoms with Crippen LogP contribution in [0.4, 0.5) is 0 Å². The molecular weight excluding hydrogens is 424 g/mol. The number of allylic oxidation sites excluding steroid dienone is 4. The minimum Gasteiger partial charge on any atom is -0.497 e. The zero-order chi connectivity index (χ0) is 23.5. The number of nitrogens with one attached hydrogen (secondary N) is 2. The number of nitrogens with zero attached hydrogens (tertiary/aromatic N) is 2. The lowest BCUT2D eigenvalue weighted by molar-refractivity contribution is -0.122. The first kappa shape index (κ1) is 22.0. The first-order chi connectivity index (χ1) is 16.6. The molecule has 3 aromatic heterocycles. The van der Waals surface area contributed by atoms with E-state index >= 15 is 0 Å². The van der Waals surface area contributed by atoms with Gasteiger partial charge in [0.2, 0.25) is 5.91 Å². The average Bonchev–Trinajstić information content (AvgIpc) is 3.44. The number of hydrogen-bond donors (Lipinski definition) is 2. The van der Waals surface area contributed by atoms with Crippen LogP contribution in [0.3, 0.4) is 0 Å². The normalized spacial score (nSPS) is 16.2. The first-order valence-electron chi connectivity index (χ1n) is 11.8.